The molecule has 0 unspecified atom stereocenters. The molecule has 0 radical (unpaired) electrons. The van der Waals surface area contributed by atoms with Gasteiger partial charge in [-0.3, -0.25) is 4.79 Å². The van der Waals surface area contributed by atoms with Crippen molar-refractivity contribution in [2.24, 2.45) is 0 Å². The molecular formula is C21H16FN3O3S. The molecule has 0 spiro atoms. The molecule has 8 heteroatoms. The largest absolute Gasteiger partial charge is 0.493 e. The first-order valence-corrected chi connectivity index (χ1v) is 9.46. The maximum atomic E-state index is 13.0. The first kappa shape index (κ1) is 18.8. The van der Waals surface area contributed by atoms with Gasteiger partial charge in [0.2, 0.25) is 4.96 Å². The topological polar surface area (TPSA) is 65.7 Å². The molecule has 0 aliphatic heterocycles. The summed E-state index contributed by atoms with van der Waals surface area (Å²) in [6.45, 7) is 0. The van der Waals surface area contributed by atoms with Crippen LogP contribution in [0, 0.1) is 5.82 Å². The van der Waals surface area contributed by atoms with Gasteiger partial charge in [0.1, 0.15) is 5.82 Å². The Morgan fingerprint density at radius 3 is 2.41 bits per heavy atom. The summed E-state index contributed by atoms with van der Waals surface area (Å²) in [7, 11) is 3.16. The second-order valence-corrected chi connectivity index (χ2v) is 7.09. The average Bonchev–Trinajstić information content (AvgIpc) is 3.26. The maximum absolute atomic E-state index is 13.0. The monoisotopic (exact) mass is 409 g/mol. The molecule has 4 aromatic rings. The van der Waals surface area contributed by atoms with Crippen molar-refractivity contribution in [3.8, 4) is 11.5 Å². The SMILES string of the molecule is COc1ccc(C=Cc2nc3sc(=Cc4ccc(F)cc4)c(=O)n3n2)cc1OC. The quantitative estimate of drug-likeness (QED) is 0.507. The smallest absolute Gasteiger partial charge is 0.291 e. The van der Waals surface area contributed by atoms with Crippen molar-refractivity contribution in [3.63, 3.8) is 0 Å². The summed E-state index contributed by atoms with van der Waals surface area (Å²) < 4.78 is 25.3. The van der Waals surface area contributed by atoms with E-state index in [9.17, 15) is 9.18 Å². The Balaban J connectivity index is 1.63. The van der Waals surface area contributed by atoms with Gasteiger partial charge in [0.25, 0.3) is 5.56 Å². The maximum Gasteiger partial charge on any atom is 0.291 e. The molecule has 2 aromatic carbocycles. The molecule has 2 aromatic heterocycles. The molecule has 2 heterocycles. The van der Waals surface area contributed by atoms with Gasteiger partial charge >= 0.3 is 0 Å². The number of thiazole rings is 1. The van der Waals surface area contributed by atoms with Crippen LogP contribution in [0.5, 0.6) is 11.5 Å². The number of ether oxygens (including phenoxy) is 2. The van der Waals surface area contributed by atoms with Crippen molar-refractivity contribution in [1.82, 2.24) is 14.6 Å². The number of methoxy groups -OCH3 is 2. The molecule has 0 aliphatic rings. The lowest BCUT2D eigenvalue weighted by atomic mass is 10.2. The fourth-order valence-electron chi connectivity index (χ4n) is 2.76. The summed E-state index contributed by atoms with van der Waals surface area (Å²) in [4.78, 5) is 17.4. The summed E-state index contributed by atoms with van der Waals surface area (Å²) in [6, 6.07) is 11.5. The number of hydrogen-bond acceptors (Lipinski definition) is 6. The predicted octanol–water partition coefficient (Wildman–Crippen LogP) is 3.03. The lowest BCUT2D eigenvalue weighted by molar-refractivity contribution is 0.355. The Morgan fingerprint density at radius 1 is 1.00 bits per heavy atom. The Bertz CT molecular complexity index is 1310. The summed E-state index contributed by atoms with van der Waals surface area (Å²) in [5, 5.41) is 4.26. The molecule has 0 saturated carbocycles. The molecule has 6 nitrogen and oxygen atoms in total. The minimum Gasteiger partial charge on any atom is -0.493 e. The van der Waals surface area contributed by atoms with Gasteiger partial charge in [-0.1, -0.05) is 35.6 Å². The molecule has 0 aliphatic carbocycles. The van der Waals surface area contributed by atoms with Crippen molar-refractivity contribution >= 4 is 34.5 Å². The van der Waals surface area contributed by atoms with Crippen LogP contribution in [0.15, 0.2) is 47.3 Å². The minimum atomic E-state index is -0.321. The Labute approximate surface area is 169 Å². The van der Waals surface area contributed by atoms with Gasteiger partial charge in [-0.05, 0) is 47.5 Å². The van der Waals surface area contributed by atoms with E-state index in [2.05, 4.69) is 10.1 Å². The molecular weight excluding hydrogens is 393 g/mol. The van der Waals surface area contributed by atoms with Crippen LogP contribution in [-0.4, -0.2) is 28.8 Å². The molecule has 0 fully saturated rings. The van der Waals surface area contributed by atoms with Gasteiger partial charge in [0.05, 0.1) is 18.8 Å². The highest BCUT2D eigenvalue weighted by molar-refractivity contribution is 7.15. The highest BCUT2D eigenvalue weighted by atomic mass is 32.1. The number of benzene rings is 2. The van der Waals surface area contributed by atoms with E-state index in [-0.39, 0.29) is 11.4 Å². The zero-order valence-corrected chi connectivity index (χ0v) is 16.4. The highest BCUT2D eigenvalue weighted by Crippen LogP contribution is 2.28. The Kier molecular flexibility index (Phi) is 5.09. The summed E-state index contributed by atoms with van der Waals surface area (Å²) in [5.41, 5.74) is 1.36. The Hall–Kier alpha value is -3.52. The normalized spacial score (nSPS) is 12.2. The van der Waals surface area contributed by atoms with Crippen molar-refractivity contribution in [1.29, 1.82) is 0 Å². The third-order valence-electron chi connectivity index (χ3n) is 4.20. The van der Waals surface area contributed by atoms with Crippen LogP contribution in [0.4, 0.5) is 4.39 Å². The van der Waals surface area contributed by atoms with Gasteiger partial charge in [-0.15, -0.1) is 5.10 Å². The zero-order valence-electron chi connectivity index (χ0n) is 15.6. The number of aromatic nitrogens is 3. The predicted molar refractivity (Wildman–Crippen MR) is 111 cm³/mol. The standard InChI is InChI=1S/C21H16FN3O3S/c1-27-16-9-5-13(11-17(16)28-2)6-10-19-23-21-25(24-19)20(26)18(29-21)12-14-3-7-15(22)8-4-14/h3-12H,1-2H3. The molecule has 0 bridgehead atoms. The molecule has 0 amide bonds. The molecule has 0 saturated heterocycles. The van der Waals surface area contributed by atoms with Crippen molar-refractivity contribution in [2.75, 3.05) is 14.2 Å². The second-order valence-electron chi connectivity index (χ2n) is 6.08. The van der Waals surface area contributed by atoms with E-state index in [0.29, 0.717) is 26.8 Å². The fraction of sp³-hybridized carbons (Fsp3) is 0.0952. The minimum absolute atomic E-state index is 0.257. The number of hydrogen-bond donors (Lipinski definition) is 0. The zero-order chi connectivity index (χ0) is 20.4. The summed E-state index contributed by atoms with van der Waals surface area (Å²) in [6.07, 6.45) is 5.25. The van der Waals surface area contributed by atoms with Crippen LogP contribution in [0.3, 0.4) is 0 Å². The van der Waals surface area contributed by atoms with Crippen LogP contribution in [0.1, 0.15) is 17.0 Å². The van der Waals surface area contributed by atoms with Crippen molar-refractivity contribution in [3.05, 3.63) is 80.1 Å². The third-order valence-corrected chi connectivity index (χ3v) is 5.16. The molecule has 0 atom stereocenters. The van der Waals surface area contributed by atoms with Crippen LogP contribution < -0.4 is 19.6 Å². The van der Waals surface area contributed by atoms with Crippen LogP contribution in [0.2, 0.25) is 0 Å². The lowest BCUT2D eigenvalue weighted by Crippen LogP contribution is -2.23. The highest BCUT2D eigenvalue weighted by Gasteiger charge is 2.09. The summed E-state index contributed by atoms with van der Waals surface area (Å²) in [5.74, 6) is 1.37. The van der Waals surface area contributed by atoms with Crippen LogP contribution in [0.25, 0.3) is 23.2 Å². The van der Waals surface area contributed by atoms with E-state index >= 15 is 0 Å². The van der Waals surface area contributed by atoms with E-state index in [1.54, 1.807) is 38.5 Å². The average molecular weight is 409 g/mol. The molecule has 4 rings (SSSR count). The fourth-order valence-corrected chi connectivity index (χ4v) is 3.67. The lowest BCUT2D eigenvalue weighted by Gasteiger charge is -2.07. The van der Waals surface area contributed by atoms with Gasteiger partial charge in [0, 0.05) is 0 Å². The van der Waals surface area contributed by atoms with Crippen molar-refractivity contribution < 1.29 is 13.9 Å². The first-order chi connectivity index (χ1) is 14.1. The molecule has 0 N–H and O–H groups in total. The first-order valence-electron chi connectivity index (χ1n) is 8.64. The number of fused-ring (bicyclic) bond motifs is 1. The van der Waals surface area contributed by atoms with E-state index in [0.717, 1.165) is 11.1 Å². The van der Waals surface area contributed by atoms with E-state index in [1.807, 2.05) is 24.3 Å². The number of rotatable bonds is 5. The van der Waals surface area contributed by atoms with Gasteiger partial charge in [0.15, 0.2) is 17.3 Å². The molecule has 146 valence electrons. The molecule has 29 heavy (non-hydrogen) atoms. The Morgan fingerprint density at radius 2 is 1.72 bits per heavy atom. The van der Waals surface area contributed by atoms with E-state index in [4.69, 9.17) is 9.47 Å². The van der Waals surface area contributed by atoms with E-state index in [1.165, 1.54) is 28.0 Å². The van der Waals surface area contributed by atoms with Gasteiger partial charge < -0.3 is 9.47 Å². The second kappa shape index (κ2) is 7.84. The van der Waals surface area contributed by atoms with E-state index < -0.39 is 0 Å². The number of halogens is 1. The number of nitrogens with zero attached hydrogens (tertiary/aromatic N) is 3. The van der Waals surface area contributed by atoms with Gasteiger partial charge in [-0.25, -0.2) is 4.39 Å². The van der Waals surface area contributed by atoms with Crippen molar-refractivity contribution in [2.45, 2.75) is 0 Å². The third kappa shape index (κ3) is 3.88. The van der Waals surface area contributed by atoms with Crippen LogP contribution >= 0.6 is 11.3 Å². The van der Waals surface area contributed by atoms with Crippen LogP contribution in [-0.2, 0) is 0 Å². The summed E-state index contributed by atoms with van der Waals surface area (Å²) >= 11 is 1.23. The van der Waals surface area contributed by atoms with Gasteiger partial charge in [-0.2, -0.15) is 9.50 Å².